The number of anilines is 1. The number of hydrogen-bond donors (Lipinski definition) is 1. The maximum Gasteiger partial charge on any atom is 0.147 e. The monoisotopic (exact) mass is 326 g/mol. The van der Waals surface area contributed by atoms with E-state index >= 15 is 0 Å². The summed E-state index contributed by atoms with van der Waals surface area (Å²) in [4.78, 5) is 0. The minimum Gasteiger partial charge on any atom is -0.377 e. The Morgan fingerprint density at radius 1 is 1.37 bits per heavy atom. The maximum atomic E-state index is 13.6. The van der Waals surface area contributed by atoms with Crippen LogP contribution in [0.3, 0.4) is 0 Å². The van der Waals surface area contributed by atoms with Gasteiger partial charge < -0.3 is 5.32 Å². The molecule has 0 atom stereocenters. The summed E-state index contributed by atoms with van der Waals surface area (Å²) < 4.78 is 16.1. The van der Waals surface area contributed by atoms with Gasteiger partial charge in [-0.3, -0.25) is 0 Å². The molecular weight excluding hydrogens is 311 g/mol. The lowest BCUT2D eigenvalue weighted by atomic mass is 10.1. The fraction of sp³-hybridized carbons (Fsp3) is 0.385. The molecule has 0 saturated heterocycles. The summed E-state index contributed by atoms with van der Waals surface area (Å²) in [6, 6.07) is 4.90. The summed E-state index contributed by atoms with van der Waals surface area (Å²) >= 11 is 3.22. The van der Waals surface area contributed by atoms with Crippen LogP contribution in [0.1, 0.15) is 26.5 Å². The second-order valence-electron chi connectivity index (χ2n) is 5.30. The number of halogens is 2. The second kappa shape index (κ2) is 5.28. The zero-order chi connectivity index (χ0) is 14.0. The van der Waals surface area contributed by atoms with Crippen molar-refractivity contribution in [3.05, 3.63) is 40.4 Å². The van der Waals surface area contributed by atoms with Crippen LogP contribution in [0.15, 0.2) is 28.9 Å². The van der Waals surface area contributed by atoms with Crippen LogP contribution >= 0.6 is 15.9 Å². The largest absolute Gasteiger partial charge is 0.377 e. The zero-order valence-electron chi connectivity index (χ0n) is 11.1. The van der Waals surface area contributed by atoms with Gasteiger partial charge in [0.15, 0.2) is 0 Å². The van der Waals surface area contributed by atoms with Gasteiger partial charge in [-0.2, -0.15) is 0 Å². The van der Waals surface area contributed by atoms with Crippen LogP contribution in [-0.2, 0) is 12.1 Å². The first-order chi connectivity index (χ1) is 8.86. The Balaban J connectivity index is 2.04. The van der Waals surface area contributed by atoms with Gasteiger partial charge in [0.1, 0.15) is 11.5 Å². The van der Waals surface area contributed by atoms with Gasteiger partial charge in [-0.1, -0.05) is 21.1 Å². The van der Waals surface area contributed by atoms with Crippen molar-refractivity contribution in [3.63, 3.8) is 0 Å². The molecule has 1 heterocycles. The van der Waals surface area contributed by atoms with Crippen LogP contribution in [0.4, 0.5) is 10.1 Å². The van der Waals surface area contributed by atoms with Crippen molar-refractivity contribution in [3.8, 4) is 0 Å². The average Bonchev–Trinajstić information content (AvgIpc) is 2.76. The van der Waals surface area contributed by atoms with E-state index in [0.717, 1.165) is 5.69 Å². The van der Waals surface area contributed by atoms with Gasteiger partial charge in [-0.25, -0.2) is 9.07 Å². The molecule has 0 aliphatic heterocycles. The molecule has 0 spiro atoms. The number of nitrogens with one attached hydrogen (secondary N) is 1. The zero-order valence-corrected chi connectivity index (χ0v) is 12.7. The molecule has 6 heteroatoms. The quantitative estimate of drug-likeness (QED) is 0.937. The topological polar surface area (TPSA) is 42.7 Å². The van der Waals surface area contributed by atoms with Gasteiger partial charge in [0, 0.05) is 4.47 Å². The summed E-state index contributed by atoms with van der Waals surface area (Å²) in [5.74, 6) is -0.294. The number of rotatable bonds is 3. The Morgan fingerprint density at radius 3 is 2.68 bits per heavy atom. The first-order valence-electron chi connectivity index (χ1n) is 5.97. The standard InChI is InChI=1S/C13H16BrFN4/c1-13(2,3)19-8-10(17-18-19)7-16-12-5-4-9(14)6-11(12)15/h4-6,8,16H,7H2,1-3H3. The van der Waals surface area contributed by atoms with E-state index in [2.05, 4.69) is 31.6 Å². The van der Waals surface area contributed by atoms with E-state index < -0.39 is 0 Å². The number of benzene rings is 1. The van der Waals surface area contributed by atoms with E-state index in [1.54, 1.807) is 16.8 Å². The van der Waals surface area contributed by atoms with Crippen LogP contribution in [0.2, 0.25) is 0 Å². The molecule has 0 unspecified atom stereocenters. The van der Waals surface area contributed by atoms with E-state index in [9.17, 15) is 4.39 Å². The van der Waals surface area contributed by atoms with Crippen LogP contribution < -0.4 is 5.32 Å². The van der Waals surface area contributed by atoms with E-state index in [1.807, 2.05) is 27.0 Å². The highest BCUT2D eigenvalue weighted by Gasteiger charge is 2.15. The molecule has 2 aromatic rings. The Hall–Kier alpha value is -1.43. The number of hydrogen-bond acceptors (Lipinski definition) is 3. The molecule has 2 rings (SSSR count). The SMILES string of the molecule is CC(C)(C)n1cc(CNc2ccc(Br)cc2F)nn1. The van der Waals surface area contributed by atoms with Gasteiger partial charge in [-0.15, -0.1) is 5.10 Å². The third kappa shape index (κ3) is 3.53. The summed E-state index contributed by atoms with van der Waals surface area (Å²) in [6.45, 7) is 6.59. The molecule has 1 N–H and O–H groups in total. The molecule has 1 aromatic carbocycles. The Kier molecular flexibility index (Phi) is 3.89. The summed E-state index contributed by atoms with van der Waals surface area (Å²) in [6.07, 6.45) is 1.86. The van der Waals surface area contributed by atoms with Crippen molar-refractivity contribution in [1.29, 1.82) is 0 Å². The van der Waals surface area contributed by atoms with Crippen LogP contribution in [0.25, 0.3) is 0 Å². The van der Waals surface area contributed by atoms with Crippen molar-refractivity contribution in [2.45, 2.75) is 32.9 Å². The van der Waals surface area contributed by atoms with Gasteiger partial charge in [0.25, 0.3) is 0 Å². The van der Waals surface area contributed by atoms with Gasteiger partial charge >= 0.3 is 0 Å². The minimum absolute atomic E-state index is 0.103. The molecule has 4 nitrogen and oxygen atoms in total. The first kappa shape index (κ1) is 14.0. The molecule has 0 saturated carbocycles. The highest BCUT2D eigenvalue weighted by Crippen LogP contribution is 2.20. The van der Waals surface area contributed by atoms with Crippen molar-refractivity contribution in [1.82, 2.24) is 15.0 Å². The molecule has 0 radical (unpaired) electrons. The molecule has 19 heavy (non-hydrogen) atoms. The minimum atomic E-state index is -0.294. The summed E-state index contributed by atoms with van der Waals surface area (Å²) in [5.41, 5.74) is 1.12. The molecular formula is C13H16BrFN4. The van der Waals surface area contributed by atoms with Crippen molar-refractivity contribution < 1.29 is 4.39 Å². The van der Waals surface area contributed by atoms with E-state index in [0.29, 0.717) is 16.7 Å². The Labute approximate surface area is 120 Å². The summed E-state index contributed by atoms with van der Waals surface area (Å²) in [5, 5.41) is 11.1. The number of nitrogens with zero attached hydrogens (tertiary/aromatic N) is 3. The van der Waals surface area contributed by atoms with Gasteiger partial charge in [0.2, 0.25) is 0 Å². The third-order valence-corrected chi connectivity index (χ3v) is 3.11. The van der Waals surface area contributed by atoms with E-state index in [-0.39, 0.29) is 11.4 Å². The summed E-state index contributed by atoms with van der Waals surface area (Å²) in [7, 11) is 0. The van der Waals surface area contributed by atoms with Crippen LogP contribution in [-0.4, -0.2) is 15.0 Å². The van der Waals surface area contributed by atoms with E-state index in [4.69, 9.17) is 0 Å². The molecule has 0 fully saturated rings. The van der Waals surface area contributed by atoms with Gasteiger partial charge in [-0.05, 0) is 39.0 Å². The average molecular weight is 327 g/mol. The van der Waals surface area contributed by atoms with Crippen LogP contribution in [0, 0.1) is 5.82 Å². The highest BCUT2D eigenvalue weighted by molar-refractivity contribution is 9.10. The molecule has 102 valence electrons. The van der Waals surface area contributed by atoms with E-state index in [1.165, 1.54) is 6.07 Å². The lowest BCUT2D eigenvalue weighted by molar-refractivity contribution is 0.347. The first-order valence-corrected chi connectivity index (χ1v) is 6.76. The fourth-order valence-electron chi connectivity index (χ4n) is 1.53. The van der Waals surface area contributed by atoms with Crippen molar-refractivity contribution in [2.24, 2.45) is 0 Å². The molecule has 0 aliphatic carbocycles. The Morgan fingerprint density at radius 2 is 2.11 bits per heavy atom. The molecule has 1 aromatic heterocycles. The predicted octanol–water partition coefficient (Wildman–Crippen LogP) is 3.55. The van der Waals surface area contributed by atoms with Gasteiger partial charge in [0.05, 0.1) is 24.0 Å². The Bertz CT molecular complexity index is 574. The predicted molar refractivity (Wildman–Crippen MR) is 76.4 cm³/mol. The lowest BCUT2D eigenvalue weighted by Gasteiger charge is -2.17. The normalized spacial score (nSPS) is 11.6. The highest BCUT2D eigenvalue weighted by atomic mass is 79.9. The molecule has 0 amide bonds. The second-order valence-corrected chi connectivity index (χ2v) is 6.22. The third-order valence-electron chi connectivity index (χ3n) is 2.62. The molecule has 0 bridgehead atoms. The molecule has 0 aliphatic rings. The smallest absolute Gasteiger partial charge is 0.147 e. The van der Waals surface area contributed by atoms with Crippen molar-refractivity contribution >= 4 is 21.6 Å². The van der Waals surface area contributed by atoms with Crippen LogP contribution in [0.5, 0.6) is 0 Å². The maximum absolute atomic E-state index is 13.6. The fourth-order valence-corrected chi connectivity index (χ4v) is 1.86. The lowest BCUT2D eigenvalue weighted by Crippen LogP contribution is -2.22. The van der Waals surface area contributed by atoms with Crippen molar-refractivity contribution in [2.75, 3.05) is 5.32 Å². The number of aromatic nitrogens is 3.